The molecular weight excluding hydrogens is 296 g/mol. The van der Waals surface area contributed by atoms with E-state index in [1.165, 1.54) is 25.7 Å². The van der Waals surface area contributed by atoms with Gasteiger partial charge in [0.1, 0.15) is 5.03 Å². The molecule has 2 atom stereocenters. The van der Waals surface area contributed by atoms with Crippen LogP contribution in [0.4, 0.5) is 0 Å². The van der Waals surface area contributed by atoms with Crippen LogP contribution in [-0.2, 0) is 0 Å². The van der Waals surface area contributed by atoms with Crippen LogP contribution in [0.15, 0.2) is 27.8 Å². The van der Waals surface area contributed by atoms with E-state index in [2.05, 4.69) is 39.2 Å². The second-order valence-corrected chi connectivity index (χ2v) is 6.52. The summed E-state index contributed by atoms with van der Waals surface area (Å²) in [5.74, 6) is 0. The normalized spacial score (nSPS) is 24.1. The van der Waals surface area contributed by atoms with E-state index in [0.717, 1.165) is 16.0 Å². The van der Waals surface area contributed by atoms with Crippen LogP contribution in [0.2, 0.25) is 0 Å². The molecular formula is C13H19BrN2S. The standard InChI is InChI=1S/C13H19BrN2S/c1-2-8-15-11-6-3-7-12(11)17-13-10(14)5-4-9-16-13/h4-5,9,11-12,15H,2-3,6-8H2,1H3. The summed E-state index contributed by atoms with van der Waals surface area (Å²) in [6, 6.07) is 4.70. The van der Waals surface area contributed by atoms with Gasteiger partial charge >= 0.3 is 0 Å². The zero-order valence-corrected chi connectivity index (χ0v) is 12.6. The first kappa shape index (κ1) is 13.4. The molecule has 1 N–H and O–H groups in total. The number of halogens is 1. The molecule has 2 nitrogen and oxygen atoms in total. The summed E-state index contributed by atoms with van der Waals surface area (Å²) in [5, 5.41) is 5.46. The maximum atomic E-state index is 4.44. The third kappa shape index (κ3) is 3.70. The van der Waals surface area contributed by atoms with Gasteiger partial charge in [-0.3, -0.25) is 0 Å². The molecule has 1 aliphatic rings. The fourth-order valence-corrected chi connectivity index (χ4v) is 4.04. The average Bonchev–Trinajstić information content (AvgIpc) is 2.77. The van der Waals surface area contributed by atoms with Gasteiger partial charge in [-0.05, 0) is 53.9 Å². The molecule has 94 valence electrons. The third-order valence-electron chi connectivity index (χ3n) is 3.10. The van der Waals surface area contributed by atoms with Crippen molar-refractivity contribution >= 4 is 27.7 Å². The number of aromatic nitrogens is 1. The first-order valence-corrected chi connectivity index (χ1v) is 7.99. The molecule has 0 radical (unpaired) electrons. The van der Waals surface area contributed by atoms with Gasteiger partial charge < -0.3 is 5.32 Å². The molecule has 1 aliphatic carbocycles. The van der Waals surface area contributed by atoms with Crippen molar-refractivity contribution in [1.82, 2.24) is 10.3 Å². The van der Waals surface area contributed by atoms with E-state index < -0.39 is 0 Å². The monoisotopic (exact) mass is 314 g/mol. The van der Waals surface area contributed by atoms with Crippen LogP contribution in [0.25, 0.3) is 0 Å². The summed E-state index contributed by atoms with van der Waals surface area (Å²) in [7, 11) is 0. The van der Waals surface area contributed by atoms with Crippen molar-refractivity contribution in [1.29, 1.82) is 0 Å². The molecule has 0 aliphatic heterocycles. The predicted molar refractivity (Wildman–Crippen MR) is 77.5 cm³/mol. The summed E-state index contributed by atoms with van der Waals surface area (Å²) in [6.07, 6.45) is 7.03. The Morgan fingerprint density at radius 2 is 2.41 bits per heavy atom. The number of pyridine rings is 1. The van der Waals surface area contributed by atoms with Crippen LogP contribution in [0.5, 0.6) is 0 Å². The molecule has 1 aromatic rings. The van der Waals surface area contributed by atoms with Gasteiger partial charge in [-0.15, -0.1) is 11.8 Å². The summed E-state index contributed by atoms with van der Waals surface area (Å²) < 4.78 is 1.12. The Morgan fingerprint density at radius 1 is 1.53 bits per heavy atom. The van der Waals surface area contributed by atoms with Crippen LogP contribution in [0.3, 0.4) is 0 Å². The zero-order chi connectivity index (χ0) is 12.1. The summed E-state index contributed by atoms with van der Waals surface area (Å²) in [4.78, 5) is 4.44. The Hall–Kier alpha value is -0.0600. The van der Waals surface area contributed by atoms with Gasteiger partial charge in [-0.1, -0.05) is 13.3 Å². The van der Waals surface area contributed by atoms with E-state index in [1.54, 1.807) is 0 Å². The van der Waals surface area contributed by atoms with Crippen LogP contribution >= 0.6 is 27.7 Å². The van der Waals surface area contributed by atoms with Crippen molar-refractivity contribution in [2.45, 2.75) is 48.9 Å². The molecule has 17 heavy (non-hydrogen) atoms. The first-order valence-electron chi connectivity index (χ1n) is 6.32. The number of nitrogens with zero attached hydrogens (tertiary/aromatic N) is 1. The number of hydrogen-bond donors (Lipinski definition) is 1. The van der Waals surface area contributed by atoms with Gasteiger partial charge in [0.05, 0.1) is 0 Å². The van der Waals surface area contributed by atoms with Gasteiger partial charge in [0.25, 0.3) is 0 Å². The highest BCUT2D eigenvalue weighted by molar-refractivity contribution is 9.10. The van der Waals surface area contributed by atoms with Crippen molar-refractivity contribution in [3.63, 3.8) is 0 Å². The third-order valence-corrected chi connectivity index (χ3v) is 5.41. The maximum absolute atomic E-state index is 4.44. The van der Waals surface area contributed by atoms with Crippen molar-refractivity contribution in [3.05, 3.63) is 22.8 Å². The van der Waals surface area contributed by atoms with E-state index in [1.807, 2.05) is 24.0 Å². The fourth-order valence-electron chi connectivity index (χ4n) is 2.23. The van der Waals surface area contributed by atoms with Crippen LogP contribution in [0.1, 0.15) is 32.6 Å². The lowest BCUT2D eigenvalue weighted by Crippen LogP contribution is -2.34. The van der Waals surface area contributed by atoms with Gasteiger partial charge in [0.2, 0.25) is 0 Å². The Kier molecular flexibility index (Phi) is 5.32. The van der Waals surface area contributed by atoms with E-state index in [-0.39, 0.29) is 0 Å². The Bertz CT molecular complexity index is 359. The topological polar surface area (TPSA) is 24.9 Å². The lowest BCUT2D eigenvalue weighted by molar-refractivity contribution is 0.530. The van der Waals surface area contributed by atoms with E-state index in [9.17, 15) is 0 Å². The van der Waals surface area contributed by atoms with Crippen LogP contribution in [-0.4, -0.2) is 22.8 Å². The Balaban J connectivity index is 1.95. The molecule has 1 heterocycles. The average molecular weight is 315 g/mol. The van der Waals surface area contributed by atoms with Crippen molar-refractivity contribution in [2.24, 2.45) is 0 Å². The molecule has 0 aromatic carbocycles. The second-order valence-electron chi connectivity index (χ2n) is 4.44. The van der Waals surface area contributed by atoms with Gasteiger partial charge in [-0.25, -0.2) is 4.98 Å². The lowest BCUT2D eigenvalue weighted by atomic mass is 10.2. The molecule has 1 fully saturated rings. The molecule has 1 saturated carbocycles. The maximum Gasteiger partial charge on any atom is 0.110 e. The minimum absolute atomic E-state index is 0.661. The number of hydrogen-bond acceptors (Lipinski definition) is 3. The molecule has 0 spiro atoms. The highest BCUT2D eigenvalue weighted by Gasteiger charge is 2.28. The molecule has 2 unspecified atom stereocenters. The minimum atomic E-state index is 0.661. The minimum Gasteiger partial charge on any atom is -0.313 e. The zero-order valence-electron chi connectivity index (χ0n) is 10.2. The van der Waals surface area contributed by atoms with E-state index >= 15 is 0 Å². The second kappa shape index (κ2) is 6.76. The Morgan fingerprint density at radius 3 is 3.18 bits per heavy atom. The summed E-state index contributed by atoms with van der Waals surface area (Å²) >= 11 is 5.49. The lowest BCUT2D eigenvalue weighted by Gasteiger charge is -2.20. The number of rotatable bonds is 5. The quantitative estimate of drug-likeness (QED) is 0.893. The van der Waals surface area contributed by atoms with Crippen LogP contribution in [0, 0.1) is 0 Å². The smallest absolute Gasteiger partial charge is 0.110 e. The molecule has 2 rings (SSSR count). The molecule has 4 heteroatoms. The van der Waals surface area contributed by atoms with Gasteiger partial charge in [0, 0.05) is 22.0 Å². The molecule has 0 amide bonds. The predicted octanol–water partition coefficient (Wildman–Crippen LogP) is 3.86. The largest absolute Gasteiger partial charge is 0.313 e. The fraction of sp³-hybridized carbons (Fsp3) is 0.615. The molecule has 0 saturated heterocycles. The highest BCUT2D eigenvalue weighted by Crippen LogP contribution is 2.36. The van der Waals surface area contributed by atoms with E-state index in [0.29, 0.717) is 11.3 Å². The first-order chi connectivity index (χ1) is 8.31. The van der Waals surface area contributed by atoms with Crippen LogP contribution < -0.4 is 5.32 Å². The SMILES string of the molecule is CCCNC1CCCC1Sc1ncccc1Br. The highest BCUT2D eigenvalue weighted by atomic mass is 79.9. The van der Waals surface area contributed by atoms with Crippen molar-refractivity contribution in [2.75, 3.05) is 6.54 Å². The van der Waals surface area contributed by atoms with Gasteiger partial charge in [-0.2, -0.15) is 0 Å². The van der Waals surface area contributed by atoms with Crippen molar-refractivity contribution in [3.8, 4) is 0 Å². The van der Waals surface area contributed by atoms with Crippen molar-refractivity contribution < 1.29 is 0 Å². The Labute approximate surface area is 116 Å². The molecule has 1 aromatic heterocycles. The number of nitrogens with one attached hydrogen (secondary N) is 1. The summed E-state index contributed by atoms with van der Waals surface area (Å²) in [5.41, 5.74) is 0. The van der Waals surface area contributed by atoms with Gasteiger partial charge in [0.15, 0.2) is 0 Å². The number of thioether (sulfide) groups is 1. The molecule has 0 bridgehead atoms. The van der Waals surface area contributed by atoms with E-state index in [4.69, 9.17) is 0 Å². The summed E-state index contributed by atoms with van der Waals surface area (Å²) in [6.45, 7) is 3.35.